The van der Waals surface area contributed by atoms with Crippen LogP contribution in [0.4, 0.5) is 13.2 Å². The maximum absolute atomic E-state index is 13.0. The Kier molecular flexibility index (Phi) is 5.28. The van der Waals surface area contributed by atoms with Gasteiger partial charge in [-0.25, -0.2) is 4.79 Å². The Labute approximate surface area is 141 Å². The standard InChI is InChI=1S/C16H14F3IO3/c1-9-3-5-11(15(21)22)13(8-20-9)12-7-10(16(17,18)19)4-6-14(12)23-2/h3-9H,1-2H3,(H,21,22). The first-order valence-electron chi connectivity index (χ1n) is 6.60. The van der Waals surface area contributed by atoms with Crippen molar-refractivity contribution >= 4 is 36.3 Å². The summed E-state index contributed by atoms with van der Waals surface area (Å²) in [5.41, 5.74) is -0.419. The van der Waals surface area contributed by atoms with Gasteiger partial charge >= 0.3 is 12.1 Å². The molecule has 1 aliphatic rings. The lowest BCUT2D eigenvalue weighted by Gasteiger charge is -2.14. The van der Waals surface area contributed by atoms with Crippen LogP contribution in [-0.2, 0) is 11.0 Å². The first kappa shape index (κ1) is 17.7. The summed E-state index contributed by atoms with van der Waals surface area (Å²) >= 11 is -0.521. The molecular weight excluding hydrogens is 424 g/mol. The molecule has 124 valence electrons. The van der Waals surface area contributed by atoms with Crippen molar-refractivity contribution in [1.82, 2.24) is 0 Å². The maximum Gasteiger partial charge on any atom is 0.416 e. The van der Waals surface area contributed by atoms with E-state index in [0.717, 1.165) is 12.1 Å². The molecule has 1 atom stereocenters. The SMILES string of the molecule is COc1ccc(C(F)(F)F)cc1C1=C(C(=O)O)C=CC(C)I=C1. The molecule has 0 bridgehead atoms. The van der Waals surface area contributed by atoms with Crippen LogP contribution in [0.15, 0.2) is 35.9 Å². The fourth-order valence-corrected chi connectivity index (χ4v) is 4.11. The molecule has 0 fully saturated rings. The van der Waals surface area contributed by atoms with Crippen molar-refractivity contribution in [2.45, 2.75) is 17.0 Å². The fraction of sp³-hybridized carbons (Fsp3) is 0.250. The molecule has 1 aromatic carbocycles. The zero-order valence-corrected chi connectivity index (χ0v) is 14.5. The summed E-state index contributed by atoms with van der Waals surface area (Å²) in [4.78, 5) is 11.5. The monoisotopic (exact) mass is 438 g/mol. The molecule has 1 N–H and O–H groups in total. The minimum Gasteiger partial charge on any atom is -0.496 e. The average Bonchev–Trinajstić information content (AvgIpc) is 2.67. The third-order valence-electron chi connectivity index (χ3n) is 3.24. The summed E-state index contributed by atoms with van der Waals surface area (Å²) < 4.78 is 46.0. The molecule has 0 spiro atoms. The second-order valence-electron chi connectivity index (χ2n) is 4.82. The van der Waals surface area contributed by atoms with E-state index in [9.17, 15) is 23.1 Å². The normalized spacial score (nSPS) is 18.4. The second kappa shape index (κ2) is 6.86. The van der Waals surface area contributed by atoms with Gasteiger partial charge in [-0.3, -0.25) is 0 Å². The first-order valence-corrected chi connectivity index (χ1v) is 9.09. The lowest BCUT2D eigenvalue weighted by molar-refractivity contribution is -0.137. The zero-order chi connectivity index (χ0) is 17.2. The Hall–Kier alpha value is -1.64. The first-order chi connectivity index (χ1) is 10.7. The van der Waals surface area contributed by atoms with Crippen LogP contribution in [-0.4, -0.2) is 26.1 Å². The van der Waals surface area contributed by atoms with E-state index >= 15 is 0 Å². The van der Waals surface area contributed by atoms with Crippen LogP contribution in [0.25, 0.3) is 5.57 Å². The summed E-state index contributed by atoms with van der Waals surface area (Å²) in [5.74, 6) is -0.958. The zero-order valence-electron chi connectivity index (χ0n) is 12.3. The van der Waals surface area contributed by atoms with Crippen molar-refractivity contribution in [3.8, 4) is 5.75 Å². The number of methoxy groups -OCH3 is 1. The molecular formula is C16H14F3IO3. The van der Waals surface area contributed by atoms with E-state index < -0.39 is 38.4 Å². The molecule has 3 nitrogen and oxygen atoms in total. The molecule has 1 heterocycles. The van der Waals surface area contributed by atoms with Crippen LogP contribution < -0.4 is 4.74 Å². The number of carboxylic acids is 1. The van der Waals surface area contributed by atoms with Crippen LogP contribution in [0.3, 0.4) is 0 Å². The molecule has 2 rings (SSSR count). The number of alkyl halides is 4. The second-order valence-corrected chi connectivity index (χ2v) is 8.12. The highest BCUT2D eigenvalue weighted by atomic mass is 127. The van der Waals surface area contributed by atoms with Gasteiger partial charge in [0.05, 0.1) is 18.2 Å². The number of benzene rings is 1. The van der Waals surface area contributed by atoms with E-state index in [1.54, 1.807) is 10.1 Å². The molecule has 0 aromatic heterocycles. The van der Waals surface area contributed by atoms with Crippen molar-refractivity contribution in [3.05, 3.63) is 47.1 Å². The Morgan fingerprint density at radius 1 is 1.35 bits per heavy atom. The summed E-state index contributed by atoms with van der Waals surface area (Å²) in [6.07, 6.45) is -1.26. The topological polar surface area (TPSA) is 46.5 Å². The molecule has 0 amide bonds. The predicted octanol–water partition coefficient (Wildman–Crippen LogP) is 4.28. The average molecular weight is 438 g/mol. The van der Waals surface area contributed by atoms with Crippen molar-refractivity contribution < 1.29 is 27.8 Å². The maximum atomic E-state index is 13.0. The third kappa shape index (κ3) is 4.01. The van der Waals surface area contributed by atoms with Crippen molar-refractivity contribution in [2.24, 2.45) is 0 Å². The smallest absolute Gasteiger partial charge is 0.416 e. The van der Waals surface area contributed by atoms with E-state index in [1.807, 2.05) is 6.92 Å². The van der Waals surface area contributed by atoms with Gasteiger partial charge in [0.25, 0.3) is 0 Å². The van der Waals surface area contributed by atoms with Crippen LogP contribution in [0.5, 0.6) is 5.75 Å². The molecule has 23 heavy (non-hydrogen) atoms. The molecule has 1 unspecified atom stereocenters. The lowest BCUT2D eigenvalue weighted by Crippen LogP contribution is -2.08. The molecule has 7 heteroatoms. The van der Waals surface area contributed by atoms with Gasteiger partial charge in [-0.05, 0) is 22.2 Å². The minimum absolute atomic E-state index is 0.0216. The van der Waals surface area contributed by atoms with Crippen LogP contribution in [0.2, 0.25) is 0 Å². The highest BCUT2D eigenvalue weighted by molar-refractivity contribution is 14.2. The Balaban J connectivity index is 2.73. The summed E-state index contributed by atoms with van der Waals surface area (Å²) in [6, 6.07) is 3.09. The number of carboxylic acid groups (broad SMARTS) is 1. The highest BCUT2D eigenvalue weighted by Gasteiger charge is 2.32. The van der Waals surface area contributed by atoms with Crippen LogP contribution >= 0.6 is 20.7 Å². The number of carbonyl (C=O) groups is 1. The summed E-state index contributed by atoms with van der Waals surface area (Å²) in [6.45, 7) is 1.95. The number of hydrogen-bond acceptors (Lipinski definition) is 2. The Morgan fingerprint density at radius 2 is 2.04 bits per heavy atom. The van der Waals surface area contributed by atoms with Gasteiger partial charge in [-0.15, -0.1) is 20.7 Å². The number of halogens is 4. The van der Waals surface area contributed by atoms with Gasteiger partial charge in [0.2, 0.25) is 0 Å². The Morgan fingerprint density at radius 3 is 2.61 bits per heavy atom. The van der Waals surface area contributed by atoms with E-state index in [1.165, 1.54) is 19.3 Å². The molecule has 1 aliphatic heterocycles. The van der Waals surface area contributed by atoms with Crippen molar-refractivity contribution in [2.75, 3.05) is 7.11 Å². The molecule has 0 saturated heterocycles. The molecule has 0 radical (unpaired) electrons. The molecule has 0 aliphatic carbocycles. The largest absolute Gasteiger partial charge is 0.496 e. The van der Waals surface area contributed by atoms with Gasteiger partial charge < -0.3 is 9.84 Å². The van der Waals surface area contributed by atoms with Gasteiger partial charge in [-0.2, -0.15) is 13.2 Å². The van der Waals surface area contributed by atoms with Crippen LogP contribution in [0.1, 0.15) is 18.1 Å². The van der Waals surface area contributed by atoms with Crippen molar-refractivity contribution in [3.63, 3.8) is 0 Å². The van der Waals surface area contributed by atoms with E-state index in [2.05, 4.69) is 0 Å². The Bertz CT molecular complexity index is 718. The third-order valence-corrected chi connectivity index (χ3v) is 5.77. The van der Waals surface area contributed by atoms with Gasteiger partial charge in [0.15, 0.2) is 0 Å². The number of hydrogen-bond donors (Lipinski definition) is 1. The molecule has 1 aromatic rings. The number of aliphatic carboxylic acids is 1. The fourth-order valence-electron chi connectivity index (χ4n) is 2.07. The van der Waals surface area contributed by atoms with Gasteiger partial charge in [-0.1, -0.05) is 19.1 Å². The predicted molar refractivity (Wildman–Crippen MR) is 91.2 cm³/mol. The summed E-state index contributed by atoms with van der Waals surface area (Å²) in [5, 5.41) is 9.39. The number of rotatable bonds is 3. The van der Waals surface area contributed by atoms with Gasteiger partial charge in [0.1, 0.15) is 5.75 Å². The van der Waals surface area contributed by atoms with Crippen molar-refractivity contribution in [1.29, 1.82) is 0 Å². The van der Waals surface area contributed by atoms with Crippen LogP contribution in [0, 0.1) is 0 Å². The number of ether oxygens (including phenoxy) is 1. The highest BCUT2D eigenvalue weighted by Crippen LogP contribution is 2.37. The lowest BCUT2D eigenvalue weighted by atomic mass is 9.97. The van der Waals surface area contributed by atoms with E-state index in [-0.39, 0.29) is 26.4 Å². The summed E-state index contributed by atoms with van der Waals surface area (Å²) in [7, 11) is 1.34. The van der Waals surface area contributed by atoms with E-state index in [4.69, 9.17) is 4.74 Å². The quantitative estimate of drug-likeness (QED) is 0.566. The minimum atomic E-state index is -4.51. The number of allylic oxidation sites excluding steroid dienone is 2. The van der Waals surface area contributed by atoms with E-state index in [0.29, 0.717) is 0 Å². The van der Waals surface area contributed by atoms with Gasteiger partial charge in [0, 0.05) is 15.1 Å². The molecule has 0 saturated carbocycles.